The molecule has 2 aromatic carbocycles. The van der Waals surface area contributed by atoms with Crippen molar-refractivity contribution in [3.63, 3.8) is 0 Å². The number of amides is 1. The first kappa shape index (κ1) is 18.2. The zero-order valence-corrected chi connectivity index (χ0v) is 15.7. The van der Waals surface area contributed by atoms with E-state index in [1.54, 1.807) is 24.3 Å². The number of nitrogens with one attached hydrogen (secondary N) is 2. The Labute approximate surface area is 161 Å². The highest BCUT2D eigenvalue weighted by Crippen LogP contribution is 2.24. The van der Waals surface area contributed by atoms with Gasteiger partial charge in [0, 0.05) is 27.6 Å². The van der Waals surface area contributed by atoms with Crippen molar-refractivity contribution in [2.75, 3.05) is 10.6 Å². The minimum absolute atomic E-state index is 0.247. The topological polar surface area (TPSA) is 66.9 Å². The van der Waals surface area contributed by atoms with Crippen molar-refractivity contribution < 1.29 is 4.79 Å². The van der Waals surface area contributed by atoms with E-state index in [4.69, 9.17) is 23.2 Å². The van der Waals surface area contributed by atoms with Gasteiger partial charge in [0.05, 0.1) is 0 Å². The van der Waals surface area contributed by atoms with Crippen LogP contribution in [-0.2, 0) is 0 Å². The summed E-state index contributed by atoms with van der Waals surface area (Å²) in [5, 5.41) is 6.85. The number of hydrogen-bond donors (Lipinski definition) is 2. The zero-order chi connectivity index (χ0) is 18.7. The van der Waals surface area contributed by atoms with Crippen LogP contribution < -0.4 is 10.6 Å². The molecule has 26 heavy (non-hydrogen) atoms. The third kappa shape index (κ3) is 4.31. The number of anilines is 3. The van der Waals surface area contributed by atoms with E-state index in [1.165, 1.54) is 6.20 Å². The Hall–Kier alpha value is -2.63. The molecule has 132 valence electrons. The highest BCUT2D eigenvalue weighted by atomic mass is 35.5. The minimum Gasteiger partial charge on any atom is -0.324 e. The summed E-state index contributed by atoms with van der Waals surface area (Å²) in [6, 6.07) is 12.3. The Bertz CT molecular complexity index is 955. The van der Waals surface area contributed by atoms with Crippen LogP contribution in [-0.4, -0.2) is 15.9 Å². The summed E-state index contributed by atoms with van der Waals surface area (Å²) in [6.45, 7) is 3.95. The predicted octanol–water partition coefficient (Wildman–Crippen LogP) is 5.40. The summed E-state index contributed by atoms with van der Waals surface area (Å²) in [7, 11) is 0. The van der Waals surface area contributed by atoms with Crippen molar-refractivity contribution in [2.24, 2.45) is 0 Å². The Morgan fingerprint density at radius 2 is 1.77 bits per heavy atom. The molecule has 1 amide bonds. The molecule has 0 aliphatic rings. The summed E-state index contributed by atoms with van der Waals surface area (Å²) in [6.07, 6.45) is 1.51. The molecule has 0 bridgehead atoms. The molecular formula is C19H16Cl2N4O. The minimum atomic E-state index is -0.312. The number of carbonyl (C=O) groups is 1. The molecule has 2 N–H and O–H groups in total. The van der Waals surface area contributed by atoms with Crippen LogP contribution in [0.25, 0.3) is 0 Å². The third-order valence-electron chi connectivity index (χ3n) is 3.86. The molecule has 0 spiro atoms. The fourth-order valence-corrected chi connectivity index (χ4v) is 2.90. The molecule has 3 rings (SSSR count). The number of aromatic nitrogens is 2. The van der Waals surface area contributed by atoms with Crippen LogP contribution in [0.5, 0.6) is 0 Å². The van der Waals surface area contributed by atoms with Gasteiger partial charge in [0.2, 0.25) is 5.95 Å². The molecular weight excluding hydrogens is 371 g/mol. The van der Waals surface area contributed by atoms with Crippen molar-refractivity contribution >= 4 is 46.4 Å². The average molecular weight is 387 g/mol. The second-order valence-corrected chi connectivity index (χ2v) is 6.62. The monoisotopic (exact) mass is 386 g/mol. The lowest BCUT2D eigenvalue weighted by Gasteiger charge is -2.11. The first-order chi connectivity index (χ1) is 12.4. The largest absolute Gasteiger partial charge is 0.324 e. The van der Waals surface area contributed by atoms with Gasteiger partial charge in [-0.2, -0.15) is 0 Å². The molecule has 0 saturated heterocycles. The first-order valence-electron chi connectivity index (χ1n) is 7.86. The SMILES string of the molecule is Cc1cccc(NC(=O)c2ccnc(Nc3cc(Cl)cc(Cl)c3)n2)c1C. The van der Waals surface area contributed by atoms with Crippen LogP contribution >= 0.6 is 23.2 Å². The number of halogens is 2. The van der Waals surface area contributed by atoms with Gasteiger partial charge in [-0.05, 0) is 55.3 Å². The van der Waals surface area contributed by atoms with Crippen LogP contribution in [0.15, 0.2) is 48.7 Å². The van der Waals surface area contributed by atoms with Crippen LogP contribution in [0.4, 0.5) is 17.3 Å². The fourth-order valence-electron chi connectivity index (χ4n) is 2.37. The van der Waals surface area contributed by atoms with Gasteiger partial charge in [-0.1, -0.05) is 35.3 Å². The number of benzene rings is 2. The number of aryl methyl sites for hydroxylation is 1. The van der Waals surface area contributed by atoms with E-state index >= 15 is 0 Å². The maximum Gasteiger partial charge on any atom is 0.274 e. The van der Waals surface area contributed by atoms with E-state index in [1.807, 2.05) is 32.0 Å². The highest BCUT2D eigenvalue weighted by Gasteiger charge is 2.11. The smallest absolute Gasteiger partial charge is 0.274 e. The Balaban J connectivity index is 1.80. The van der Waals surface area contributed by atoms with Crippen molar-refractivity contribution in [3.8, 4) is 0 Å². The number of nitrogens with zero attached hydrogens (tertiary/aromatic N) is 2. The Morgan fingerprint density at radius 1 is 1.04 bits per heavy atom. The van der Waals surface area contributed by atoms with Crippen molar-refractivity contribution in [2.45, 2.75) is 13.8 Å². The summed E-state index contributed by atoms with van der Waals surface area (Å²) in [4.78, 5) is 20.9. The van der Waals surface area contributed by atoms with E-state index in [2.05, 4.69) is 20.6 Å². The lowest BCUT2D eigenvalue weighted by atomic mass is 10.1. The molecule has 0 aliphatic heterocycles. The average Bonchev–Trinajstić information content (AvgIpc) is 2.58. The van der Waals surface area contributed by atoms with E-state index < -0.39 is 0 Å². The number of carbonyl (C=O) groups excluding carboxylic acids is 1. The molecule has 7 heteroatoms. The van der Waals surface area contributed by atoms with Gasteiger partial charge in [0.15, 0.2) is 0 Å². The summed E-state index contributed by atoms with van der Waals surface area (Å²) < 4.78 is 0. The second kappa shape index (κ2) is 7.72. The van der Waals surface area contributed by atoms with Gasteiger partial charge in [-0.15, -0.1) is 0 Å². The van der Waals surface area contributed by atoms with E-state index in [-0.39, 0.29) is 17.5 Å². The van der Waals surface area contributed by atoms with Gasteiger partial charge in [-0.3, -0.25) is 4.79 Å². The van der Waals surface area contributed by atoms with Gasteiger partial charge in [0.1, 0.15) is 5.69 Å². The van der Waals surface area contributed by atoms with Crippen molar-refractivity contribution in [1.29, 1.82) is 0 Å². The second-order valence-electron chi connectivity index (χ2n) is 5.75. The molecule has 1 aromatic heterocycles. The Kier molecular flexibility index (Phi) is 5.40. The molecule has 0 unspecified atom stereocenters. The normalized spacial score (nSPS) is 10.5. The van der Waals surface area contributed by atoms with Crippen molar-refractivity contribution in [1.82, 2.24) is 9.97 Å². The number of rotatable bonds is 4. The molecule has 0 aliphatic carbocycles. The molecule has 0 atom stereocenters. The molecule has 1 heterocycles. The maximum absolute atomic E-state index is 12.5. The van der Waals surface area contributed by atoms with Crippen LogP contribution in [0.2, 0.25) is 10.0 Å². The summed E-state index contributed by atoms with van der Waals surface area (Å²) in [5.41, 5.74) is 3.75. The van der Waals surface area contributed by atoms with E-state index in [0.29, 0.717) is 15.7 Å². The molecule has 0 fully saturated rings. The zero-order valence-electron chi connectivity index (χ0n) is 14.2. The van der Waals surface area contributed by atoms with Crippen LogP contribution in [0, 0.1) is 13.8 Å². The Morgan fingerprint density at radius 3 is 2.50 bits per heavy atom. The maximum atomic E-state index is 12.5. The molecule has 5 nitrogen and oxygen atoms in total. The molecule has 3 aromatic rings. The van der Waals surface area contributed by atoms with Crippen LogP contribution in [0.1, 0.15) is 21.6 Å². The number of hydrogen-bond acceptors (Lipinski definition) is 4. The van der Waals surface area contributed by atoms with Gasteiger partial charge < -0.3 is 10.6 Å². The molecule has 0 saturated carbocycles. The fraction of sp³-hybridized carbons (Fsp3) is 0.105. The summed E-state index contributed by atoms with van der Waals surface area (Å²) >= 11 is 12.0. The third-order valence-corrected chi connectivity index (χ3v) is 4.30. The lowest BCUT2D eigenvalue weighted by Crippen LogP contribution is -2.15. The van der Waals surface area contributed by atoms with E-state index in [9.17, 15) is 4.79 Å². The molecule has 0 radical (unpaired) electrons. The van der Waals surface area contributed by atoms with Gasteiger partial charge in [-0.25, -0.2) is 9.97 Å². The van der Waals surface area contributed by atoms with Crippen molar-refractivity contribution in [3.05, 3.63) is 75.5 Å². The van der Waals surface area contributed by atoms with Gasteiger partial charge in [0.25, 0.3) is 5.91 Å². The highest BCUT2D eigenvalue weighted by molar-refractivity contribution is 6.35. The van der Waals surface area contributed by atoms with Gasteiger partial charge >= 0.3 is 0 Å². The lowest BCUT2D eigenvalue weighted by molar-refractivity contribution is 0.102. The standard InChI is InChI=1S/C19H16Cl2N4O/c1-11-4-3-5-16(12(11)2)24-18(26)17-6-7-22-19(25-17)23-15-9-13(20)8-14(21)10-15/h3-10H,1-2H3,(H,24,26)(H,22,23,25). The first-order valence-corrected chi connectivity index (χ1v) is 8.62. The quantitative estimate of drug-likeness (QED) is 0.629. The van der Waals surface area contributed by atoms with Crippen LogP contribution in [0.3, 0.4) is 0 Å². The predicted molar refractivity (Wildman–Crippen MR) is 106 cm³/mol. The van der Waals surface area contributed by atoms with E-state index in [0.717, 1.165) is 16.8 Å². The summed E-state index contributed by atoms with van der Waals surface area (Å²) in [5.74, 6) is -0.0368.